The van der Waals surface area contributed by atoms with Crippen LogP contribution in [-0.2, 0) is 32.3 Å². The average molecular weight is 206 g/mol. The molecule has 78 valence electrons. The van der Waals surface area contributed by atoms with E-state index in [4.69, 9.17) is 9.47 Å². The fourth-order valence-corrected chi connectivity index (χ4v) is 1.38. The number of cyclic esters (lactones) is 2. The van der Waals surface area contributed by atoms with Crippen molar-refractivity contribution >= 4 is 11.9 Å². The van der Waals surface area contributed by atoms with Crippen LogP contribution in [0.5, 0.6) is 0 Å². The highest BCUT2D eigenvalue weighted by atomic mass is 16.6. The molecule has 1 aromatic carbocycles. The summed E-state index contributed by atoms with van der Waals surface area (Å²) in [5.41, 5.74) is 1.75. The largest absolute Gasteiger partial charge is 0.460 e. The Morgan fingerprint density at radius 1 is 0.867 bits per heavy atom. The van der Waals surface area contributed by atoms with E-state index in [1.54, 1.807) is 0 Å². The molecule has 0 fully saturated rings. The first-order valence-electron chi connectivity index (χ1n) is 4.64. The molecule has 0 atom stereocenters. The minimum absolute atomic E-state index is 0.200. The van der Waals surface area contributed by atoms with Crippen molar-refractivity contribution in [2.75, 3.05) is 0 Å². The Morgan fingerprint density at radius 2 is 1.33 bits per heavy atom. The van der Waals surface area contributed by atoms with Crippen LogP contribution < -0.4 is 0 Å². The molecule has 4 heteroatoms. The third-order valence-electron chi connectivity index (χ3n) is 2.18. The molecular formula is C11H10O4. The van der Waals surface area contributed by atoms with Gasteiger partial charge in [0.25, 0.3) is 0 Å². The van der Waals surface area contributed by atoms with Gasteiger partial charge >= 0.3 is 11.9 Å². The lowest BCUT2D eigenvalue weighted by Crippen LogP contribution is -2.11. The van der Waals surface area contributed by atoms with Crippen molar-refractivity contribution in [2.24, 2.45) is 0 Å². The van der Waals surface area contributed by atoms with Gasteiger partial charge in [-0.1, -0.05) is 24.3 Å². The molecule has 0 unspecified atom stereocenters. The number of hydrogen-bond acceptors (Lipinski definition) is 4. The fraction of sp³-hybridized carbons (Fsp3) is 0.273. The zero-order valence-corrected chi connectivity index (χ0v) is 8.06. The molecule has 0 radical (unpaired) electrons. The van der Waals surface area contributed by atoms with Crippen LogP contribution in [0.4, 0.5) is 0 Å². The van der Waals surface area contributed by atoms with Crippen molar-refractivity contribution in [3.63, 3.8) is 0 Å². The third kappa shape index (κ3) is 2.34. The lowest BCUT2D eigenvalue weighted by atomic mass is 10.1. The molecule has 0 spiro atoms. The van der Waals surface area contributed by atoms with Crippen LogP contribution in [0.25, 0.3) is 0 Å². The van der Waals surface area contributed by atoms with Crippen molar-refractivity contribution in [3.05, 3.63) is 35.4 Å². The summed E-state index contributed by atoms with van der Waals surface area (Å²) < 4.78 is 9.84. The lowest BCUT2D eigenvalue weighted by Gasteiger charge is -2.06. The molecule has 2 rings (SSSR count). The van der Waals surface area contributed by atoms with Crippen molar-refractivity contribution in [3.8, 4) is 0 Å². The number of carbonyl (C=O) groups excluding carboxylic acids is 2. The maximum atomic E-state index is 11.1. The number of esters is 2. The summed E-state index contributed by atoms with van der Waals surface area (Å²) in [5, 5.41) is 0. The minimum atomic E-state index is -0.545. The molecule has 1 aliphatic rings. The van der Waals surface area contributed by atoms with Crippen LogP contribution in [0.2, 0.25) is 0 Å². The predicted molar refractivity (Wildman–Crippen MR) is 50.7 cm³/mol. The van der Waals surface area contributed by atoms with Gasteiger partial charge in [0, 0.05) is 0 Å². The summed E-state index contributed by atoms with van der Waals surface area (Å²) in [4.78, 5) is 22.2. The normalized spacial score (nSPS) is 16.5. The van der Waals surface area contributed by atoms with E-state index in [9.17, 15) is 9.59 Å². The number of fused-ring (bicyclic) bond motifs is 1. The van der Waals surface area contributed by atoms with Crippen LogP contribution >= 0.6 is 0 Å². The van der Waals surface area contributed by atoms with Crippen LogP contribution in [0.15, 0.2) is 24.3 Å². The van der Waals surface area contributed by atoms with Crippen molar-refractivity contribution in [1.82, 2.24) is 0 Å². The topological polar surface area (TPSA) is 52.6 Å². The Hall–Kier alpha value is -1.84. The molecule has 1 aliphatic heterocycles. The second-order valence-corrected chi connectivity index (χ2v) is 3.27. The molecule has 15 heavy (non-hydrogen) atoms. The summed E-state index contributed by atoms with van der Waals surface area (Å²) in [6.45, 7) is 0.400. The number of benzene rings is 1. The highest BCUT2D eigenvalue weighted by Gasteiger charge is 2.16. The maximum Gasteiger partial charge on any atom is 0.317 e. The minimum Gasteiger partial charge on any atom is -0.460 e. The fourth-order valence-electron chi connectivity index (χ4n) is 1.38. The molecule has 0 amide bonds. The highest BCUT2D eigenvalue weighted by molar-refractivity contribution is 5.91. The van der Waals surface area contributed by atoms with Gasteiger partial charge in [0.05, 0.1) is 0 Å². The second kappa shape index (κ2) is 4.13. The van der Waals surface area contributed by atoms with Gasteiger partial charge in [-0.15, -0.1) is 0 Å². The second-order valence-electron chi connectivity index (χ2n) is 3.27. The van der Waals surface area contributed by atoms with E-state index in [0.717, 1.165) is 11.1 Å². The van der Waals surface area contributed by atoms with E-state index in [2.05, 4.69) is 0 Å². The van der Waals surface area contributed by atoms with Gasteiger partial charge in [-0.3, -0.25) is 9.59 Å². The summed E-state index contributed by atoms with van der Waals surface area (Å²) in [7, 11) is 0. The maximum absolute atomic E-state index is 11.1. The first-order valence-corrected chi connectivity index (χ1v) is 4.64. The number of hydrogen-bond donors (Lipinski definition) is 0. The molecule has 0 aromatic heterocycles. The Balaban J connectivity index is 2.25. The summed E-state index contributed by atoms with van der Waals surface area (Å²) in [5.74, 6) is -1.09. The van der Waals surface area contributed by atoms with E-state index in [-0.39, 0.29) is 19.6 Å². The molecule has 1 aromatic rings. The van der Waals surface area contributed by atoms with Gasteiger partial charge in [0.15, 0.2) is 0 Å². The molecule has 4 nitrogen and oxygen atoms in total. The molecular weight excluding hydrogens is 196 g/mol. The first kappa shape index (κ1) is 9.71. The first-order chi connectivity index (χ1) is 7.25. The van der Waals surface area contributed by atoms with E-state index >= 15 is 0 Å². The monoisotopic (exact) mass is 206 g/mol. The Bertz CT molecular complexity index is 360. The smallest absolute Gasteiger partial charge is 0.317 e. The molecule has 0 aliphatic carbocycles. The molecule has 0 bridgehead atoms. The standard InChI is InChI=1S/C11H10O4/c12-10-5-11(13)15-7-9-4-2-1-3-8(9)6-14-10/h1-4H,5-7H2. The number of carbonyl (C=O) groups is 2. The molecule has 0 N–H and O–H groups in total. The van der Waals surface area contributed by atoms with E-state index < -0.39 is 11.9 Å². The zero-order chi connectivity index (χ0) is 10.7. The van der Waals surface area contributed by atoms with Crippen LogP contribution in [0, 0.1) is 0 Å². The van der Waals surface area contributed by atoms with E-state index in [1.807, 2.05) is 24.3 Å². The summed E-state index contributed by atoms with van der Waals surface area (Å²) >= 11 is 0. The average Bonchev–Trinajstić information content (AvgIpc) is 2.30. The molecule has 0 saturated carbocycles. The van der Waals surface area contributed by atoms with Gasteiger partial charge in [0.1, 0.15) is 19.6 Å². The molecule has 0 saturated heterocycles. The van der Waals surface area contributed by atoms with Crippen molar-refractivity contribution < 1.29 is 19.1 Å². The van der Waals surface area contributed by atoms with Gasteiger partial charge in [-0.25, -0.2) is 0 Å². The van der Waals surface area contributed by atoms with Crippen LogP contribution in [0.1, 0.15) is 17.5 Å². The van der Waals surface area contributed by atoms with Gasteiger partial charge in [-0.2, -0.15) is 0 Å². The van der Waals surface area contributed by atoms with E-state index in [1.165, 1.54) is 0 Å². The molecule has 1 heterocycles. The number of ether oxygens (including phenoxy) is 2. The van der Waals surface area contributed by atoms with E-state index in [0.29, 0.717) is 0 Å². The third-order valence-corrected chi connectivity index (χ3v) is 2.18. The summed E-state index contributed by atoms with van der Waals surface area (Å²) in [6, 6.07) is 7.41. The predicted octanol–water partition coefficient (Wildman–Crippen LogP) is 1.18. The quantitative estimate of drug-likeness (QED) is 0.472. The van der Waals surface area contributed by atoms with Gasteiger partial charge < -0.3 is 9.47 Å². The highest BCUT2D eigenvalue weighted by Crippen LogP contribution is 2.14. The number of rotatable bonds is 0. The van der Waals surface area contributed by atoms with Crippen molar-refractivity contribution in [1.29, 1.82) is 0 Å². The van der Waals surface area contributed by atoms with Gasteiger partial charge in [-0.05, 0) is 11.1 Å². The Labute approximate surface area is 86.8 Å². The SMILES string of the molecule is O=C1CC(=O)OCc2ccccc2CO1. The summed E-state index contributed by atoms with van der Waals surface area (Å²) in [6.07, 6.45) is -0.312. The van der Waals surface area contributed by atoms with Crippen molar-refractivity contribution in [2.45, 2.75) is 19.6 Å². The van der Waals surface area contributed by atoms with Crippen LogP contribution in [0.3, 0.4) is 0 Å². The lowest BCUT2D eigenvalue weighted by molar-refractivity contribution is -0.155. The Kier molecular flexibility index (Phi) is 2.67. The zero-order valence-electron chi connectivity index (χ0n) is 8.06. The van der Waals surface area contributed by atoms with Crippen LogP contribution in [-0.4, -0.2) is 11.9 Å². The van der Waals surface area contributed by atoms with Gasteiger partial charge in [0.2, 0.25) is 0 Å². The Morgan fingerprint density at radius 3 is 1.80 bits per heavy atom.